The first kappa shape index (κ1) is 12.6. The number of morpholine rings is 1. The van der Waals surface area contributed by atoms with E-state index in [9.17, 15) is 0 Å². The fourth-order valence-electron chi connectivity index (χ4n) is 2.19. The van der Waals surface area contributed by atoms with Crippen molar-refractivity contribution >= 4 is 0 Å². The van der Waals surface area contributed by atoms with Gasteiger partial charge in [-0.2, -0.15) is 0 Å². The Morgan fingerprint density at radius 1 is 1.53 bits per heavy atom. The van der Waals surface area contributed by atoms with E-state index >= 15 is 0 Å². The molecule has 1 aliphatic rings. The molecule has 2 rings (SSSR count). The zero-order chi connectivity index (χ0) is 12.1. The summed E-state index contributed by atoms with van der Waals surface area (Å²) in [6, 6.07) is 2.18. The van der Waals surface area contributed by atoms with E-state index in [4.69, 9.17) is 4.74 Å². The van der Waals surface area contributed by atoms with Crippen LogP contribution in [0.25, 0.3) is 0 Å². The molecule has 0 aromatic carbocycles. The fourth-order valence-corrected chi connectivity index (χ4v) is 2.19. The van der Waals surface area contributed by atoms with Crippen LogP contribution >= 0.6 is 0 Å². The maximum absolute atomic E-state index is 5.76. The number of rotatable bonds is 5. The van der Waals surface area contributed by atoms with Crippen LogP contribution in [0.5, 0.6) is 0 Å². The lowest BCUT2D eigenvalue weighted by molar-refractivity contribution is -0.0274. The molecule has 1 unspecified atom stereocenters. The summed E-state index contributed by atoms with van der Waals surface area (Å²) >= 11 is 0. The van der Waals surface area contributed by atoms with E-state index in [1.54, 1.807) is 0 Å². The molecule has 1 fully saturated rings. The molecule has 0 radical (unpaired) electrons. The van der Waals surface area contributed by atoms with Gasteiger partial charge in [-0.15, -0.1) is 0 Å². The number of likely N-dealkylation sites (N-methyl/N-ethyl adjacent to an activating group) is 1. The van der Waals surface area contributed by atoms with Crippen molar-refractivity contribution in [2.24, 2.45) is 0 Å². The Labute approximate surface area is 104 Å². The van der Waals surface area contributed by atoms with Crippen molar-refractivity contribution < 1.29 is 4.74 Å². The Morgan fingerprint density at radius 3 is 3.18 bits per heavy atom. The highest BCUT2D eigenvalue weighted by Gasteiger charge is 2.17. The van der Waals surface area contributed by atoms with Crippen molar-refractivity contribution in [2.75, 3.05) is 33.3 Å². The second kappa shape index (κ2) is 6.19. The van der Waals surface area contributed by atoms with Crippen molar-refractivity contribution in [1.29, 1.82) is 0 Å². The minimum atomic E-state index is 0.327. The molecule has 96 valence electrons. The Bertz CT molecular complexity index is 337. The highest BCUT2D eigenvalue weighted by atomic mass is 16.5. The third-order valence-electron chi connectivity index (χ3n) is 3.15. The molecular weight excluding hydrogens is 214 g/mol. The molecule has 1 saturated heterocycles. The molecule has 1 aromatic rings. The summed E-state index contributed by atoms with van der Waals surface area (Å²) in [4.78, 5) is 2.33. The predicted molar refractivity (Wildman–Crippen MR) is 69.0 cm³/mol. The second-order valence-corrected chi connectivity index (χ2v) is 4.75. The average Bonchev–Trinajstić information content (AvgIpc) is 2.74. The van der Waals surface area contributed by atoms with Gasteiger partial charge >= 0.3 is 0 Å². The third kappa shape index (κ3) is 3.84. The van der Waals surface area contributed by atoms with Gasteiger partial charge in [-0.05, 0) is 25.2 Å². The summed E-state index contributed by atoms with van der Waals surface area (Å²) in [5.74, 6) is 0. The number of hydrogen-bond acceptors (Lipinski definition) is 3. The number of aromatic nitrogens is 1. The Hall–Kier alpha value is -0.840. The van der Waals surface area contributed by atoms with Crippen molar-refractivity contribution in [1.82, 2.24) is 14.8 Å². The topological polar surface area (TPSA) is 29.4 Å². The van der Waals surface area contributed by atoms with Gasteiger partial charge < -0.3 is 19.5 Å². The molecule has 4 nitrogen and oxygen atoms in total. The minimum Gasteiger partial charge on any atom is -0.374 e. The number of nitrogens with zero attached hydrogens (tertiary/aromatic N) is 2. The van der Waals surface area contributed by atoms with E-state index in [1.165, 1.54) is 5.56 Å². The summed E-state index contributed by atoms with van der Waals surface area (Å²) in [5, 5.41) is 3.34. The Kier molecular flexibility index (Phi) is 4.59. The zero-order valence-corrected chi connectivity index (χ0v) is 10.9. The van der Waals surface area contributed by atoms with Crippen molar-refractivity contribution in [3.63, 3.8) is 0 Å². The average molecular weight is 237 g/mol. The molecule has 1 atom stereocenters. The van der Waals surface area contributed by atoms with Crippen molar-refractivity contribution in [3.05, 3.63) is 24.0 Å². The van der Waals surface area contributed by atoms with Crippen LogP contribution in [-0.4, -0.2) is 48.9 Å². The number of nitrogens with one attached hydrogen (secondary N) is 1. The molecule has 0 amide bonds. The normalized spacial score (nSPS) is 21.9. The van der Waals surface area contributed by atoms with Crippen LogP contribution in [0.1, 0.15) is 12.5 Å². The van der Waals surface area contributed by atoms with Crippen LogP contribution in [0.4, 0.5) is 0 Å². The van der Waals surface area contributed by atoms with Gasteiger partial charge in [0.2, 0.25) is 0 Å². The summed E-state index contributed by atoms with van der Waals surface area (Å²) in [6.07, 6.45) is 4.68. The molecule has 4 heteroatoms. The minimum absolute atomic E-state index is 0.327. The predicted octanol–water partition coefficient (Wildman–Crippen LogP) is 0.928. The van der Waals surface area contributed by atoms with Gasteiger partial charge in [-0.25, -0.2) is 0 Å². The summed E-state index contributed by atoms with van der Waals surface area (Å²) in [5.41, 5.74) is 1.34. The Morgan fingerprint density at radius 2 is 2.41 bits per heavy atom. The first-order chi connectivity index (χ1) is 8.28. The van der Waals surface area contributed by atoms with Gasteiger partial charge in [0.1, 0.15) is 0 Å². The smallest absolute Gasteiger partial charge is 0.0880 e. The molecule has 0 spiro atoms. The van der Waals surface area contributed by atoms with Gasteiger partial charge in [0.15, 0.2) is 0 Å². The highest BCUT2D eigenvalue weighted by Crippen LogP contribution is 2.08. The molecular formula is C13H23N3O. The fraction of sp³-hybridized carbons (Fsp3) is 0.692. The lowest BCUT2D eigenvalue weighted by Crippen LogP contribution is -2.41. The van der Waals surface area contributed by atoms with Crippen molar-refractivity contribution in [3.8, 4) is 0 Å². The zero-order valence-electron chi connectivity index (χ0n) is 10.9. The SMILES string of the molecule is CCNCc1ccn(CC2CN(C)CCO2)c1. The van der Waals surface area contributed by atoms with Gasteiger partial charge in [0, 0.05) is 38.6 Å². The maximum atomic E-state index is 5.76. The van der Waals surface area contributed by atoms with Crippen LogP contribution in [0.15, 0.2) is 18.5 Å². The largest absolute Gasteiger partial charge is 0.374 e. The first-order valence-corrected chi connectivity index (χ1v) is 6.43. The molecule has 0 bridgehead atoms. The van der Waals surface area contributed by atoms with Crippen LogP contribution < -0.4 is 5.32 Å². The monoisotopic (exact) mass is 237 g/mol. The van der Waals surface area contributed by atoms with Gasteiger partial charge in [-0.3, -0.25) is 0 Å². The van der Waals surface area contributed by atoms with Gasteiger partial charge in [0.25, 0.3) is 0 Å². The molecule has 1 aliphatic heterocycles. The lowest BCUT2D eigenvalue weighted by atomic mass is 10.3. The van der Waals surface area contributed by atoms with E-state index in [1.807, 2.05) is 0 Å². The molecule has 1 aromatic heterocycles. The molecule has 0 aliphatic carbocycles. The van der Waals surface area contributed by atoms with E-state index < -0.39 is 0 Å². The molecule has 17 heavy (non-hydrogen) atoms. The maximum Gasteiger partial charge on any atom is 0.0880 e. The van der Waals surface area contributed by atoms with Crippen LogP contribution in [0.3, 0.4) is 0 Å². The van der Waals surface area contributed by atoms with E-state index in [0.717, 1.165) is 39.3 Å². The van der Waals surface area contributed by atoms with E-state index in [-0.39, 0.29) is 0 Å². The van der Waals surface area contributed by atoms with Gasteiger partial charge in [0.05, 0.1) is 12.7 Å². The van der Waals surface area contributed by atoms with E-state index in [2.05, 4.69) is 47.2 Å². The van der Waals surface area contributed by atoms with Crippen LogP contribution in [0, 0.1) is 0 Å². The third-order valence-corrected chi connectivity index (χ3v) is 3.15. The summed E-state index contributed by atoms with van der Waals surface area (Å²) < 4.78 is 8.00. The molecule has 2 heterocycles. The van der Waals surface area contributed by atoms with E-state index in [0.29, 0.717) is 6.10 Å². The summed E-state index contributed by atoms with van der Waals surface area (Å²) in [7, 11) is 2.15. The standard InChI is InChI=1S/C13H23N3O/c1-3-14-8-12-4-5-16(9-12)11-13-10-15(2)6-7-17-13/h4-5,9,13-14H,3,6-8,10-11H2,1-2H3. The van der Waals surface area contributed by atoms with Gasteiger partial charge in [-0.1, -0.05) is 6.92 Å². The Balaban J connectivity index is 1.83. The molecule has 0 saturated carbocycles. The van der Waals surface area contributed by atoms with Crippen LogP contribution in [-0.2, 0) is 17.8 Å². The molecule has 1 N–H and O–H groups in total. The lowest BCUT2D eigenvalue weighted by Gasteiger charge is -2.30. The van der Waals surface area contributed by atoms with Crippen molar-refractivity contribution in [2.45, 2.75) is 26.1 Å². The number of ether oxygens (including phenoxy) is 1. The highest BCUT2D eigenvalue weighted by molar-refractivity contribution is 5.10. The first-order valence-electron chi connectivity index (χ1n) is 6.43. The summed E-state index contributed by atoms with van der Waals surface area (Å²) in [6.45, 7) is 7.98. The second-order valence-electron chi connectivity index (χ2n) is 4.75. The number of hydrogen-bond donors (Lipinski definition) is 1. The quantitative estimate of drug-likeness (QED) is 0.826. The van der Waals surface area contributed by atoms with Crippen LogP contribution in [0.2, 0.25) is 0 Å².